The Hall–Kier alpha value is -2.74. The molecule has 0 fully saturated rings. The molecular weight excluding hydrogens is 292 g/mol. The SMILES string of the molecule is Cc1ccccc1CNc1ccc2c(c1)CCc1ccccc1N2. The lowest BCUT2D eigenvalue weighted by Gasteiger charge is -2.13. The molecular formula is C22H22N2. The summed E-state index contributed by atoms with van der Waals surface area (Å²) in [6.07, 6.45) is 2.15. The van der Waals surface area contributed by atoms with Gasteiger partial charge in [-0.1, -0.05) is 42.5 Å². The maximum Gasteiger partial charge on any atom is 0.0418 e. The van der Waals surface area contributed by atoms with Gasteiger partial charge in [0.2, 0.25) is 0 Å². The van der Waals surface area contributed by atoms with E-state index in [1.165, 1.54) is 39.3 Å². The smallest absolute Gasteiger partial charge is 0.0418 e. The van der Waals surface area contributed by atoms with Crippen molar-refractivity contribution in [2.75, 3.05) is 10.6 Å². The van der Waals surface area contributed by atoms with Crippen LogP contribution in [0.15, 0.2) is 66.7 Å². The van der Waals surface area contributed by atoms with Gasteiger partial charge in [0.1, 0.15) is 0 Å². The molecule has 4 rings (SSSR count). The van der Waals surface area contributed by atoms with Crippen LogP contribution in [0.2, 0.25) is 0 Å². The van der Waals surface area contributed by atoms with Crippen molar-refractivity contribution in [1.29, 1.82) is 0 Å². The number of nitrogens with one attached hydrogen (secondary N) is 2. The van der Waals surface area contributed by atoms with E-state index < -0.39 is 0 Å². The van der Waals surface area contributed by atoms with Gasteiger partial charge in [-0.25, -0.2) is 0 Å². The maximum absolute atomic E-state index is 3.59. The minimum Gasteiger partial charge on any atom is -0.381 e. The van der Waals surface area contributed by atoms with E-state index in [1.54, 1.807) is 0 Å². The molecule has 24 heavy (non-hydrogen) atoms. The first kappa shape index (κ1) is 14.8. The van der Waals surface area contributed by atoms with Gasteiger partial charge in [0.05, 0.1) is 0 Å². The standard InChI is InChI=1S/C22H22N2/c1-16-6-2-3-8-19(16)15-23-20-12-13-22-18(14-20)11-10-17-7-4-5-9-21(17)24-22/h2-9,12-14,23-24H,10-11,15H2,1H3. The number of rotatable bonds is 3. The van der Waals surface area contributed by atoms with Crippen molar-refractivity contribution < 1.29 is 0 Å². The second-order valence-electron chi connectivity index (χ2n) is 6.43. The monoisotopic (exact) mass is 314 g/mol. The summed E-state index contributed by atoms with van der Waals surface area (Å²) >= 11 is 0. The van der Waals surface area contributed by atoms with Crippen molar-refractivity contribution in [3.63, 3.8) is 0 Å². The molecule has 1 heterocycles. The molecule has 2 heteroatoms. The Morgan fingerprint density at radius 3 is 2.50 bits per heavy atom. The fourth-order valence-corrected chi connectivity index (χ4v) is 3.31. The molecule has 1 aliphatic rings. The molecule has 0 aromatic heterocycles. The van der Waals surface area contributed by atoms with Gasteiger partial charge in [0.25, 0.3) is 0 Å². The molecule has 0 radical (unpaired) electrons. The highest BCUT2D eigenvalue weighted by Gasteiger charge is 2.12. The van der Waals surface area contributed by atoms with Crippen LogP contribution in [0.1, 0.15) is 22.3 Å². The Morgan fingerprint density at radius 1 is 0.833 bits per heavy atom. The fraction of sp³-hybridized carbons (Fsp3) is 0.182. The number of hydrogen-bond donors (Lipinski definition) is 2. The fourth-order valence-electron chi connectivity index (χ4n) is 3.31. The van der Waals surface area contributed by atoms with Crippen molar-refractivity contribution >= 4 is 17.1 Å². The van der Waals surface area contributed by atoms with Gasteiger partial charge in [0, 0.05) is 23.6 Å². The molecule has 0 unspecified atom stereocenters. The predicted octanol–water partition coefficient (Wildman–Crippen LogP) is 5.45. The van der Waals surface area contributed by atoms with Crippen LogP contribution >= 0.6 is 0 Å². The third-order valence-corrected chi connectivity index (χ3v) is 4.80. The molecule has 120 valence electrons. The summed E-state index contributed by atoms with van der Waals surface area (Å²) in [5, 5.41) is 7.15. The molecule has 2 nitrogen and oxygen atoms in total. The third-order valence-electron chi connectivity index (χ3n) is 4.80. The average molecular weight is 314 g/mol. The highest BCUT2D eigenvalue weighted by Crippen LogP contribution is 2.31. The molecule has 0 bridgehead atoms. The van der Waals surface area contributed by atoms with Crippen LogP contribution < -0.4 is 10.6 Å². The highest BCUT2D eigenvalue weighted by molar-refractivity contribution is 5.70. The van der Waals surface area contributed by atoms with Crippen molar-refractivity contribution in [2.45, 2.75) is 26.3 Å². The molecule has 3 aromatic rings. The van der Waals surface area contributed by atoms with Gasteiger partial charge < -0.3 is 10.6 Å². The Bertz CT molecular complexity index is 867. The van der Waals surface area contributed by atoms with Crippen LogP contribution in [-0.4, -0.2) is 0 Å². The molecule has 3 aromatic carbocycles. The van der Waals surface area contributed by atoms with Gasteiger partial charge in [-0.2, -0.15) is 0 Å². The lowest BCUT2D eigenvalue weighted by atomic mass is 10.0. The number of para-hydroxylation sites is 1. The molecule has 1 aliphatic heterocycles. The molecule has 0 aliphatic carbocycles. The Labute approximate surface area is 143 Å². The van der Waals surface area contributed by atoms with E-state index in [9.17, 15) is 0 Å². The second-order valence-corrected chi connectivity index (χ2v) is 6.43. The first-order valence-corrected chi connectivity index (χ1v) is 8.56. The highest BCUT2D eigenvalue weighted by atomic mass is 14.9. The molecule has 0 amide bonds. The van der Waals surface area contributed by atoms with E-state index in [4.69, 9.17) is 0 Å². The summed E-state index contributed by atoms with van der Waals surface area (Å²) in [7, 11) is 0. The van der Waals surface area contributed by atoms with Crippen molar-refractivity contribution in [3.05, 3.63) is 89.0 Å². The normalized spacial score (nSPS) is 12.5. The van der Waals surface area contributed by atoms with Crippen LogP contribution in [0, 0.1) is 6.92 Å². The molecule has 0 spiro atoms. The lowest BCUT2D eigenvalue weighted by Crippen LogP contribution is -2.02. The van der Waals surface area contributed by atoms with Crippen LogP contribution in [0.25, 0.3) is 0 Å². The van der Waals surface area contributed by atoms with Crippen molar-refractivity contribution in [2.24, 2.45) is 0 Å². The van der Waals surface area contributed by atoms with Crippen molar-refractivity contribution in [3.8, 4) is 0 Å². The Balaban J connectivity index is 1.53. The van der Waals surface area contributed by atoms with Gasteiger partial charge in [-0.15, -0.1) is 0 Å². The zero-order chi connectivity index (χ0) is 16.4. The van der Waals surface area contributed by atoms with Crippen LogP contribution in [0.5, 0.6) is 0 Å². The number of benzene rings is 3. The number of fused-ring (bicyclic) bond motifs is 2. The summed E-state index contributed by atoms with van der Waals surface area (Å²) in [4.78, 5) is 0. The number of hydrogen-bond acceptors (Lipinski definition) is 2. The largest absolute Gasteiger partial charge is 0.381 e. The number of aryl methyl sites for hydroxylation is 3. The van der Waals surface area contributed by atoms with E-state index in [0.29, 0.717) is 0 Å². The van der Waals surface area contributed by atoms with Crippen molar-refractivity contribution in [1.82, 2.24) is 0 Å². The van der Waals surface area contributed by atoms with E-state index in [1.807, 2.05) is 0 Å². The molecule has 0 saturated heterocycles. The lowest BCUT2D eigenvalue weighted by molar-refractivity contribution is 0.976. The van der Waals surface area contributed by atoms with Crippen LogP contribution in [0.3, 0.4) is 0 Å². The summed E-state index contributed by atoms with van der Waals surface area (Å²) in [5.74, 6) is 0. The average Bonchev–Trinajstić information content (AvgIpc) is 2.80. The van der Waals surface area contributed by atoms with Gasteiger partial charge in [0.15, 0.2) is 0 Å². The third kappa shape index (κ3) is 3.00. The summed E-state index contributed by atoms with van der Waals surface area (Å²) in [6.45, 7) is 3.02. The first-order valence-electron chi connectivity index (χ1n) is 8.56. The quantitative estimate of drug-likeness (QED) is 0.672. The second kappa shape index (κ2) is 6.40. The van der Waals surface area contributed by atoms with E-state index >= 15 is 0 Å². The minimum atomic E-state index is 0.860. The summed E-state index contributed by atoms with van der Waals surface area (Å²) < 4.78 is 0. The first-order chi connectivity index (χ1) is 11.8. The summed E-state index contributed by atoms with van der Waals surface area (Å²) in [5.41, 5.74) is 9.09. The van der Waals surface area contributed by atoms with Gasteiger partial charge in [-0.3, -0.25) is 0 Å². The minimum absolute atomic E-state index is 0.860. The Kier molecular flexibility index (Phi) is 3.96. The zero-order valence-electron chi connectivity index (χ0n) is 14.0. The van der Waals surface area contributed by atoms with E-state index in [2.05, 4.69) is 84.3 Å². The number of anilines is 3. The maximum atomic E-state index is 3.59. The molecule has 2 N–H and O–H groups in total. The van der Waals surface area contributed by atoms with E-state index in [-0.39, 0.29) is 0 Å². The van der Waals surface area contributed by atoms with Gasteiger partial charge >= 0.3 is 0 Å². The Morgan fingerprint density at radius 2 is 1.58 bits per heavy atom. The zero-order valence-corrected chi connectivity index (χ0v) is 14.0. The van der Waals surface area contributed by atoms with Gasteiger partial charge in [-0.05, 0) is 66.3 Å². The topological polar surface area (TPSA) is 24.1 Å². The summed E-state index contributed by atoms with van der Waals surface area (Å²) in [6, 6.07) is 23.8. The predicted molar refractivity (Wildman–Crippen MR) is 102 cm³/mol. The van der Waals surface area contributed by atoms with E-state index in [0.717, 1.165) is 19.4 Å². The van der Waals surface area contributed by atoms with Crippen LogP contribution in [-0.2, 0) is 19.4 Å². The molecule has 0 atom stereocenters. The molecule has 0 saturated carbocycles. The van der Waals surface area contributed by atoms with Crippen LogP contribution in [0.4, 0.5) is 17.1 Å².